The minimum absolute atomic E-state index is 0.287. The van der Waals surface area contributed by atoms with Crippen LogP contribution >= 0.6 is 11.8 Å². The highest BCUT2D eigenvalue weighted by atomic mass is 32.2. The van der Waals surface area contributed by atoms with Crippen molar-refractivity contribution in [1.82, 2.24) is 0 Å². The van der Waals surface area contributed by atoms with Gasteiger partial charge in [0.2, 0.25) is 0 Å². The molecule has 0 atom stereocenters. The molecule has 0 saturated heterocycles. The van der Waals surface area contributed by atoms with E-state index in [4.69, 9.17) is 5.11 Å². The van der Waals surface area contributed by atoms with Gasteiger partial charge in [-0.3, -0.25) is 0 Å². The molecule has 1 N–H and O–H groups in total. The largest absolute Gasteiger partial charge is 0.478 e. The second-order valence-electron chi connectivity index (χ2n) is 7.22. The van der Waals surface area contributed by atoms with E-state index >= 15 is 0 Å². The molecule has 0 spiro atoms. The van der Waals surface area contributed by atoms with E-state index in [0.29, 0.717) is 5.41 Å². The summed E-state index contributed by atoms with van der Waals surface area (Å²) in [7, 11) is 0. The molecular formula is C24H26O2S. The molecule has 2 aromatic rings. The molecule has 140 valence electrons. The van der Waals surface area contributed by atoms with Crippen molar-refractivity contribution in [2.45, 2.75) is 56.3 Å². The molecular weight excluding hydrogens is 352 g/mol. The Bertz CT molecular complexity index is 865. The summed E-state index contributed by atoms with van der Waals surface area (Å²) in [6.07, 6.45) is 6.13. The molecule has 2 nitrogen and oxygen atoms in total. The third-order valence-electron chi connectivity index (χ3n) is 5.33. The molecule has 0 aliphatic carbocycles. The number of fused-ring (bicyclic) bond motifs is 1. The summed E-state index contributed by atoms with van der Waals surface area (Å²) in [6, 6.07) is 13.4. The van der Waals surface area contributed by atoms with Crippen molar-refractivity contribution in [3.8, 4) is 11.8 Å². The predicted molar refractivity (Wildman–Crippen MR) is 113 cm³/mol. The van der Waals surface area contributed by atoms with Gasteiger partial charge < -0.3 is 5.11 Å². The van der Waals surface area contributed by atoms with Crippen molar-refractivity contribution >= 4 is 17.7 Å². The first-order chi connectivity index (χ1) is 13.1. The van der Waals surface area contributed by atoms with Crippen LogP contribution in [-0.4, -0.2) is 16.8 Å². The van der Waals surface area contributed by atoms with Crippen molar-refractivity contribution in [3.05, 3.63) is 64.7 Å². The van der Waals surface area contributed by atoms with Crippen LogP contribution in [0.5, 0.6) is 0 Å². The van der Waals surface area contributed by atoms with Crippen LogP contribution in [0.25, 0.3) is 0 Å². The second kappa shape index (κ2) is 8.67. The fourth-order valence-electron chi connectivity index (χ4n) is 4.08. The van der Waals surface area contributed by atoms with Crippen LogP contribution in [0.1, 0.15) is 73.0 Å². The molecule has 1 aliphatic rings. The third kappa shape index (κ3) is 4.39. The van der Waals surface area contributed by atoms with Crippen LogP contribution in [0, 0.1) is 11.8 Å². The maximum Gasteiger partial charge on any atom is 0.335 e. The van der Waals surface area contributed by atoms with Crippen molar-refractivity contribution in [2.75, 3.05) is 5.75 Å². The number of carbonyl (C=O) groups is 1. The molecule has 2 aromatic carbocycles. The van der Waals surface area contributed by atoms with E-state index in [-0.39, 0.29) is 5.56 Å². The van der Waals surface area contributed by atoms with Crippen molar-refractivity contribution in [3.63, 3.8) is 0 Å². The van der Waals surface area contributed by atoms with Gasteiger partial charge in [0.25, 0.3) is 0 Å². The Morgan fingerprint density at radius 1 is 1.04 bits per heavy atom. The molecule has 3 heteroatoms. The summed E-state index contributed by atoms with van der Waals surface area (Å²) in [5.41, 5.74) is 3.94. The monoisotopic (exact) mass is 378 g/mol. The number of carboxylic acids is 1. The zero-order chi connectivity index (χ0) is 19.3. The van der Waals surface area contributed by atoms with Gasteiger partial charge in [0.15, 0.2) is 0 Å². The second-order valence-corrected chi connectivity index (χ2v) is 8.36. The highest BCUT2D eigenvalue weighted by Crippen LogP contribution is 2.47. The van der Waals surface area contributed by atoms with Crippen LogP contribution in [0.4, 0.5) is 0 Å². The SMILES string of the molecule is CCCC1(CCC)CCSc2ccc(C#Cc3ccc(C(=O)O)cc3)cc21. The lowest BCUT2D eigenvalue weighted by Crippen LogP contribution is -2.30. The first kappa shape index (κ1) is 19.6. The fraction of sp³-hybridized carbons (Fsp3) is 0.375. The summed E-state index contributed by atoms with van der Waals surface area (Å²) in [5, 5.41) is 8.99. The molecule has 27 heavy (non-hydrogen) atoms. The van der Waals surface area contributed by atoms with Gasteiger partial charge in [-0.05, 0) is 78.5 Å². The quantitative estimate of drug-likeness (QED) is 0.637. The number of carboxylic acid groups (broad SMARTS) is 1. The first-order valence-electron chi connectivity index (χ1n) is 9.70. The number of thioether (sulfide) groups is 1. The van der Waals surface area contributed by atoms with Gasteiger partial charge in [-0.1, -0.05) is 38.5 Å². The van der Waals surface area contributed by atoms with Gasteiger partial charge >= 0.3 is 5.97 Å². The average molecular weight is 379 g/mol. The topological polar surface area (TPSA) is 37.3 Å². The number of benzene rings is 2. The first-order valence-corrected chi connectivity index (χ1v) is 10.7. The minimum Gasteiger partial charge on any atom is -0.478 e. The lowest BCUT2D eigenvalue weighted by Gasteiger charge is -2.39. The fourth-order valence-corrected chi connectivity index (χ4v) is 5.39. The maximum absolute atomic E-state index is 11.0. The Labute approximate surface area is 166 Å². The molecule has 0 saturated carbocycles. The number of hydrogen-bond donors (Lipinski definition) is 1. The molecule has 1 aliphatic heterocycles. The van der Waals surface area contributed by atoms with Crippen molar-refractivity contribution in [2.24, 2.45) is 0 Å². The highest BCUT2D eigenvalue weighted by molar-refractivity contribution is 7.99. The molecule has 0 bridgehead atoms. The number of hydrogen-bond acceptors (Lipinski definition) is 2. The van der Waals surface area contributed by atoms with Crippen LogP contribution in [0.15, 0.2) is 47.4 Å². The molecule has 0 aromatic heterocycles. The summed E-state index contributed by atoms with van der Waals surface area (Å²) in [5.74, 6) is 6.74. The van der Waals surface area contributed by atoms with Gasteiger partial charge in [-0.25, -0.2) is 4.79 Å². The van der Waals surface area contributed by atoms with E-state index < -0.39 is 5.97 Å². The smallest absolute Gasteiger partial charge is 0.335 e. The number of rotatable bonds is 5. The Hall–Kier alpha value is -2.18. The summed E-state index contributed by atoms with van der Waals surface area (Å²) in [6.45, 7) is 4.56. The average Bonchev–Trinajstić information content (AvgIpc) is 2.67. The van der Waals surface area contributed by atoms with E-state index in [1.54, 1.807) is 24.3 Å². The highest BCUT2D eigenvalue weighted by Gasteiger charge is 2.35. The Morgan fingerprint density at radius 2 is 1.67 bits per heavy atom. The normalized spacial score (nSPS) is 14.7. The summed E-state index contributed by atoms with van der Waals surface area (Å²) in [4.78, 5) is 12.4. The van der Waals surface area contributed by atoms with Crippen LogP contribution in [0.3, 0.4) is 0 Å². The zero-order valence-electron chi connectivity index (χ0n) is 16.0. The lowest BCUT2D eigenvalue weighted by atomic mass is 9.71. The van der Waals surface area contributed by atoms with Gasteiger partial charge in [-0.2, -0.15) is 0 Å². The molecule has 0 radical (unpaired) electrons. The van der Waals surface area contributed by atoms with Gasteiger partial charge in [0.05, 0.1) is 5.56 Å². The van der Waals surface area contributed by atoms with Crippen LogP contribution in [0.2, 0.25) is 0 Å². The third-order valence-corrected chi connectivity index (χ3v) is 6.40. The Balaban J connectivity index is 1.92. The van der Waals surface area contributed by atoms with Crippen molar-refractivity contribution in [1.29, 1.82) is 0 Å². The predicted octanol–water partition coefficient (Wildman–Crippen LogP) is 6.12. The van der Waals surface area contributed by atoms with Gasteiger partial charge in [-0.15, -0.1) is 11.8 Å². The van der Waals surface area contributed by atoms with Crippen LogP contribution < -0.4 is 0 Å². The van der Waals surface area contributed by atoms with Crippen LogP contribution in [-0.2, 0) is 5.41 Å². The van der Waals surface area contributed by atoms with E-state index in [2.05, 4.69) is 43.9 Å². The van der Waals surface area contributed by atoms with E-state index in [9.17, 15) is 4.79 Å². The van der Waals surface area contributed by atoms with E-state index in [1.165, 1.54) is 48.3 Å². The standard InChI is InChI=1S/C24H26O2S/c1-3-13-24(14-4-2)15-16-27-22-12-9-19(17-21(22)24)6-5-18-7-10-20(11-8-18)23(25)26/h7-12,17H,3-4,13-16H2,1-2H3,(H,25,26). The zero-order valence-corrected chi connectivity index (χ0v) is 16.9. The van der Waals surface area contributed by atoms with Gasteiger partial charge in [0, 0.05) is 16.0 Å². The molecule has 3 rings (SSSR count). The molecule has 0 amide bonds. The molecule has 0 fully saturated rings. The van der Waals surface area contributed by atoms with E-state index in [0.717, 1.165) is 11.1 Å². The number of aromatic carboxylic acids is 1. The van der Waals surface area contributed by atoms with Gasteiger partial charge in [0.1, 0.15) is 0 Å². The molecule has 0 unspecified atom stereocenters. The lowest BCUT2D eigenvalue weighted by molar-refractivity contribution is 0.0697. The Morgan fingerprint density at radius 3 is 2.30 bits per heavy atom. The maximum atomic E-state index is 11.0. The van der Waals surface area contributed by atoms with Crippen molar-refractivity contribution < 1.29 is 9.90 Å². The minimum atomic E-state index is -0.912. The van der Waals surface area contributed by atoms with E-state index in [1.807, 2.05) is 11.8 Å². The summed E-state index contributed by atoms with van der Waals surface area (Å²) >= 11 is 1.97. The Kier molecular flexibility index (Phi) is 6.29. The molecule has 1 heterocycles. The summed E-state index contributed by atoms with van der Waals surface area (Å²) < 4.78 is 0.